The smallest absolute Gasteiger partial charge is 0.311 e. The Kier molecular flexibility index (Phi) is 6.54. The minimum atomic E-state index is -0.459. The fourth-order valence-electron chi connectivity index (χ4n) is 3.88. The monoisotopic (exact) mass is 387 g/mol. The van der Waals surface area contributed by atoms with Crippen LogP contribution in [0.1, 0.15) is 37.7 Å². The molecule has 1 atom stereocenters. The van der Waals surface area contributed by atoms with Crippen LogP contribution in [-0.4, -0.2) is 56.0 Å². The molecule has 2 aliphatic rings. The molecule has 152 valence electrons. The molecular weight excluding hydrogens is 358 g/mol. The number of anilines is 1. The van der Waals surface area contributed by atoms with E-state index in [2.05, 4.69) is 5.32 Å². The van der Waals surface area contributed by atoms with E-state index in [1.807, 2.05) is 48.2 Å². The third-order valence-electron chi connectivity index (χ3n) is 5.55. The van der Waals surface area contributed by atoms with Gasteiger partial charge in [-0.05, 0) is 30.5 Å². The molecule has 0 aromatic heterocycles. The fraction of sp³-hybridized carbons (Fsp3) is 0.571. The number of nitrogens with zero attached hydrogens (tertiary/aromatic N) is 2. The zero-order valence-corrected chi connectivity index (χ0v) is 16.6. The molecule has 28 heavy (non-hydrogen) atoms. The number of benzene rings is 1. The first-order valence-electron chi connectivity index (χ1n) is 9.93. The number of rotatable bonds is 7. The quantitative estimate of drug-likeness (QED) is 0.721. The van der Waals surface area contributed by atoms with Crippen molar-refractivity contribution >= 4 is 23.5 Å². The summed E-state index contributed by atoms with van der Waals surface area (Å²) in [5, 5.41) is 2.75. The minimum Gasteiger partial charge on any atom is -0.455 e. The van der Waals surface area contributed by atoms with Crippen LogP contribution in [0.4, 0.5) is 5.69 Å². The van der Waals surface area contributed by atoms with Crippen molar-refractivity contribution in [3.63, 3.8) is 0 Å². The molecule has 0 unspecified atom stereocenters. The number of carbonyl (C=O) groups is 3. The van der Waals surface area contributed by atoms with Crippen LogP contribution in [0.15, 0.2) is 24.3 Å². The van der Waals surface area contributed by atoms with Crippen LogP contribution in [-0.2, 0) is 25.7 Å². The van der Waals surface area contributed by atoms with Crippen LogP contribution in [0, 0.1) is 5.92 Å². The van der Waals surface area contributed by atoms with Crippen LogP contribution < -0.4 is 10.2 Å². The number of carbonyl (C=O) groups excluding carboxylic acids is 3. The first kappa shape index (κ1) is 20.2. The van der Waals surface area contributed by atoms with Crippen molar-refractivity contribution in [1.82, 2.24) is 10.2 Å². The first-order chi connectivity index (χ1) is 13.4. The second-order valence-electron chi connectivity index (χ2n) is 7.83. The molecule has 2 amide bonds. The van der Waals surface area contributed by atoms with E-state index in [-0.39, 0.29) is 30.9 Å². The van der Waals surface area contributed by atoms with Gasteiger partial charge in [0.05, 0.1) is 5.92 Å². The zero-order chi connectivity index (χ0) is 20.1. The predicted octanol–water partition coefficient (Wildman–Crippen LogP) is 1.70. The van der Waals surface area contributed by atoms with Gasteiger partial charge in [0.15, 0.2) is 6.61 Å². The van der Waals surface area contributed by atoms with Crippen molar-refractivity contribution in [3.8, 4) is 0 Å². The molecule has 1 aromatic carbocycles. The normalized spacial score (nSPS) is 19.7. The topological polar surface area (TPSA) is 79.0 Å². The summed E-state index contributed by atoms with van der Waals surface area (Å²) in [4.78, 5) is 40.2. The van der Waals surface area contributed by atoms with Gasteiger partial charge in [-0.3, -0.25) is 14.4 Å². The van der Waals surface area contributed by atoms with Gasteiger partial charge in [-0.2, -0.15) is 0 Å². The van der Waals surface area contributed by atoms with Gasteiger partial charge in [-0.25, -0.2) is 0 Å². The highest BCUT2D eigenvalue weighted by atomic mass is 16.5. The van der Waals surface area contributed by atoms with E-state index >= 15 is 0 Å². The van der Waals surface area contributed by atoms with Crippen molar-refractivity contribution in [2.45, 2.75) is 44.7 Å². The maximum Gasteiger partial charge on any atom is 0.311 e. The lowest BCUT2D eigenvalue weighted by Crippen LogP contribution is -2.35. The number of hydrogen-bond acceptors (Lipinski definition) is 5. The highest BCUT2D eigenvalue weighted by molar-refractivity contribution is 5.88. The van der Waals surface area contributed by atoms with E-state index in [0.29, 0.717) is 13.1 Å². The number of likely N-dealkylation sites (tertiary alicyclic amines) is 1. The summed E-state index contributed by atoms with van der Waals surface area (Å²) in [6.45, 7) is 0.479. The van der Waals surface area contributed by atoms with E-state index in [4.69, 9.17) is 4.74 Å². The molecule has 1 aliphatic heterocycles. The SMILES string of the molecule is CN(C)c1ccc(CNC(=O)COC(=O)[C@@H]2CC(=O)N(C3CCCC3)C2)cc1. The summed E-state index contributed by atoms with van der Waals surface area (Å²) in [5.41, 5.74) is 2.06. The van der Waals surface area contributed by atoms with Crippen molar-refractivity contribution in [2.75, 3.05) is 32.1 Å². The maximum absolute atomic E-state index is 12.2. The summed E-state index contributed by atoms with van der Waals surface area (Å²) in [6.07, 6.45) is 4.51. The summed E-state index contributed by atoms with van der Waals surface area (Å²) in [7, 11) is 3.94. The van der Waals surface area contributed by atoms with Gasteiger partial charge in [0.1, 0.15) is 0 Å². The third-order valence-corrected chi connectivity index (χ3v) is 5.55. The van der Waals surface area contributed by atoms with Gasteiger partial charge in [-0.1, -0.05) is 25.0 Å². The Balaban J connectivity index is 1.39. The lowest BCUT2D eigenvalue weighted by molar-refractivity contribution is -0.152. The standard InChI is InChI=1S/C21H29N3O4/c1-23(2)17-9-7-15(8-10-17)12-22-19(25)14-28-21(27)16-11-20(26)24(13-16)18-5-3-4-6-18/h7-10,16,18H,3-6,11-14H2,1-2H3,(H,22,25)/t16-/m1/s1. The second-order valence-corrected chi connectivity index (χ2v) is 7.83. The summed E-state index contributed by atoms with van der Waals surface area (Å²) in [5.74, 6) is -1.24. The molecule has 1 saturated carbocycles. The van der Waals surface area contributed by atoms with Crippen LogP contribution in [0.2, 0.25) is 0 Å². The number of hydrogen-bond donors (Lipinski definition) is 1. The maximum atomic E-state index is 12.2. The predicted molar refractivity (Wildman–Crippen MR) is 106 cm³/mol. The summed E-state index contributed by atoms with van der Waals surface area (Å²) in [6, 6.07) is 8.13. The van der Waals surface area contributed by atoms with Crippen molar-refractivity contribution < 1.29 is 19.1 Å². The molecule has 1 heterocycles. The molecule has 3 rings (SSSR count). The van der Waals surface area contributed by atoms with Gasteiger partial charge in [0, 0.05) is 45.3 Å². The highest BCUT2D eigenvalue weighted by Gasteiger charge is 2.39. The Morgan fingerprint density at radius 2 is 1.86 bits per heavy atom. The van der Waals surface area contributed by atoms with Crippen LogP contribution in [0.5, 0.6) is 0 Å². The van der Waals surface area contributed by atoms with Crippen LogP contribution in [0.3, 0.4) is 0 Å². The van der Waals surface area contributed by atoms with E-state index in [1.165, 1.54) is 0 Å². The first-order valence-corrected chi connectivity index (χ1v) is 9.93. The lowest BCUT2D eigenvalue weighted by Gasteiger charge is -2.23. The number of nitrogens with one attached hydrogen (secondary N) is 1. The van der Waals surface area contributed by atoms with Crippen LogP contribution in [0.25, 0.3) is 0 Å². The van der Waals surface area contributed by atoms with E-state index in [9.17, 15) is 14.4 Å². The van der Waals surface area contributed by atoms with Gasteiger partial charge >= 0.3 is 5.97 Å². The number of amides is 2. The third kappa shape index (κ3) is 5.03. The van der Waals surface area contributed by atoms with Crippen LogP contribution >= 0.6 is 0 Å². The molecule has 1 aliphatic carbocycles. The summed E-state index contributed by atoms with van der Waals surface area (Å²) < 4.78 is 5.15. The molecular formula is C21H29N3O4. The number of esters is 1. The van der Waals surface area contributed by atoms with Crippen molar-refractivity contribution in [2.24, 2.45) is 5.92 Å². The Morgan fingerprint density at radius 1 is 1.18 bits per heavy atom. The van der Waals surface area contributed by atoms with E-state index in [0.717, 1.165) is 36.9 Å². The van der Waals surface area contributed by atoms with Crippen molar-refractivity contribution in [3.05, 3.63) is 29.8 Å². The van der Waals surface area contributed by atoms with Crippen molar-refractivity contribution in [1.29, 1.82) is 0 Å². The Labute approximate surface area is 166 Å². The fourth-order valence-corrected chi connectivity index (χ4v) is 3.88. The Hall–Kier alpha value is -2.57. The largest absolute Gasteiger partial charge is 0.455 e. The molecule has 1 N–H and O–H groups in total. The van der Waals surface area contributed by atoms with Gasteiger partial charge in [0.2, 0.25) is 5.91 Å². The number of ether oxygens (including phenoxy) is 1. The van der Waals surface area contributed by atoms with Gasteiger partial charge in [-0.15, -0.1) is 0 Å². The average Bonchev–Trinajstić information content (AvgIpc) is 3.34. The minimum absolute atomic E-state index is 0.0273. The molecule has 1 aromatic rings. The molecule has 0 bridgehead atoms. The molecule has 0 radical (unpaired) electrons. The highest BCUT2D eigenvalue weighted by Crippen LogP contribution is 2.29. The Morgan fingerprint density at radius 3 is 2.50 bits per heavy atom. The Bertz CT molecular complexity index is 711. The average molecular weight is 387 g/mol. The molecule has 1 saturated heterocycles. The van der Waals surface area contributed by atoms with E-state index < -0.39 is 11.9 Å². The molecule has 7 nitrogen and oxygen atoms in total. The molecule has 2 fully saturated rings. The second kappa shape index (κ2) is 9.08. The molecule has 0 spiro atoms. The molecule has 7 heteroatoms. The van der Waals surface area contributed by atoms with Gasteiger partial charge < -0.3 is 19.9 Å². The summed E-state index contributed by atoms with van der Waals surface area (Å²) >= 11 is 0. The zero-order valence-electron chi connectivity index (χ0n) is 16.6. The van der Waals surface area contributed by atoms with Gasteiger partial charge in [0.25, 0.3) is 5.91 Å². The lowest BCUT2D eigenvalue weighted by atomic mass is 10.1. The van der Waals surface area contributed by atoms with E-state index in [1.54, 1.807) is 0 Å².